The topological polar surface area (TPSA) is 149 Å². The van der Waals surface area contributed by atoms with E-state index in [0.29, 0.717) is 55.3 Å². The number of halogens is 1. The molecule has 0 bridgehead atoms. The number of nitrogens with one attached hydrogen (secondary N) is 2. The molecule has 3 amide bonds. The van der Waals surface area contributed by atoms with Crippen molar-refractivity contribution in [3.8, 4) is 0 Å². The van der Waals surface area contributed by atoms with Crippen molar-refractivity contribution < 1.29 is 46.9 Å². The SMILES string of the molecule is CO[C@H]1CC[C@H]([C@@H]2CCN(C(=O)[C@H]3CC[C@H]([C@@H](CF)NC(=O)OC(C)(C)C)CC3)[C@@H]2C(=O)Nc2ccc3oc(C(=O)OCCCN4CCOCC4)cc3c2)CC1. The second kappa shape index (κ2) is 19.1. The predicted octanol–water partition coefficient (Wildman–Crippen LogP) is 6.34. The van der Waals surface area contributed by atoms with Crippen LogP contribution >= 0.6 is 0 Å². The van der Waals surface area contributed by atoms with E-state index in [1.54, 1.807) is 57.0 Å². The van der Waals surface area contributed by atoms with Crippen LogP contribution in [0.15, 0.2) is 28.7 Å². The molecule has 6 rings (SSSR count). The van der Waals surface area contributed by atoms with Crippen LogP contribution in [0.2, 0.25) is 0 Å². The Morgan fingerprint density at radius 2 is 1.68 bits per heavy atom. The lowest BCUT2D eigenvalue weighted by atomic mass is 9.75. The van der Waals surface area contributed by atoms with Crippen molar-refractivity contribution in [1.82, 2.24) is 15.1 Å². The number of amides is 3. The summed E-state index contributed by atoms with van der Waals surface area (Å²) in [6.45, 7) is 9.38. The number of anilines is 1. The van der Waals surface area contributed by atoms with E-state index in [4.69, 9.17) is 23.4 Å². The van der Waals surface area contributed by atoms with E-state index in [1.165, 1.54) is 0 Å². The number of rotatable bonds is 13. The molecule has 310 valence electrons. The molecule has 13 nitrogen and oxygen atoms in total. The Kier molecular flexibility index (Phi) is 14.3. The number of hydrogen-bond acceptors (Lipinski definition) is 10. The highest BCUT2D eigenvalue weighted by atomic mass is 19.1. The van der Waals surface area contributed by atoms with Gasteiger partial charge >= 0.3 is 12.1 Å². The Morgan fingerprint density at radius 3 is 2.36 bits per heavy atom. The third kappa shape index (κ3) is 10.8. The number of carbonyl (C=O) groups excluding carboxylic acids is 4. The number of benzene rings is 1. The molecule has 2 aliphatic carbocycles. The first-order valence-corrected chi connectivity index (χ1v) is 20.6. The van der Waals surface area contributed by atoms with Crippen molar-refractivity contribution in [2.75, 3.05) is 65.1 Å². The van der Waals surface area contributed by atoms with E-state index in [1.807, 2.05) is 0 Å². The van der Waals surface area contributed by atoms with Gasteiger partial charge in [0, 0.05) is 50.3 Å². The molecule has 3 heterocycles. The average molecular weight is 785 g/mol. The van der Waals surface area contributed by atoms with Crippen molar-refractivity contribution >= 4 is 40.5 Å². The molecule has 1 aromatic carbocycles. The molecule has 2 aliphatic heterocycles. The largest absolute Gasteiger partial charge is 0.460 e. The zero-order chi connectivity index (χ0) is 39.8. The second-order valence-corrected chi connectivity index (χ2v) is 17.0. The number of fused-ring (bicyclic) bond motifs is 1. The maximum Gasteiger partial charge on any atom is 0.407 e. The molecule has 2 aromatic rings. The van der Waals surface area contributed by atoms with E-state index in [0.717, 1.165) is 65.0 Å². The molecule has 0 unspecified atom stereocenters. The van der Waals surface area contributed by atoms with Gasteiger partial charge in [0.2, 0.25) is 17.6 Å². The first kappa shape index (κ1) is 41.9. The third-order valence-electron chi connectivity index (χ3n) is 12.2. The number of furan rings is 1. The van der Waals surface area contributed by atoms with Gasteiger partial charge in [-0.3, -0.25) is 14.5 Å². The van der Waals surface area contributed by atoms with Crippen LogP contribution in [0, 0.1) is 23.7 Å². The molecule has 4 aliphatic rings. The summed E-state index contributed by atoms with van der Waals surface area (Å²) in [7, 11) is 1.74. The average Bonchev–Trinajstić information content (AvgIpc) is 3.83. The van der Waals surface area contributed by atoms with Gasteiger partial charge in [0.25, 0.3) is 0 Å². The van der Waals surface area contributed by atoms with Gasteiger partial charge in [-0.05, 0) is 127 Å². The highest BCUT2D eigenvalue weighted by Crippen LogP contribution is 2.42. The molecule has 2 saturated carbocycles. The molecule has 1 aromatic heterocycles. The number of nitrogens with zero attached hydrogens (tertiary/aromatic N) is 2. The number of morpholine rings is 1. The number of alkyl carbamates (subject to hydrolysis) is 1. The van der Waals surface area contributed by atoms with Crippen LogP contribution < -0.4 is 10.6 Å². The van der Waals surface area contributed by atoms with Gasteiger partial charge < -0.3 is 38.9 Å². The number of esters is 1. The molecule has 0 spiro atoms. The van der Waals surface area contributed by atoms with Gasteiger partial charge in [-0.25, -0.2) is 14.0 Å². The zero-order valence-electron chi connectivity index (χ0n) is 33.5. The minimum absolute atomic E-state index is 0.00400. The predicted molar refractivity (Wildman–Crippen MR) is 208 cm³/mol. The maximum absolute atomic E-state index is 14.3. The fourth-order valence-corrected chi connectivity index (χ4v) is 9.18. The molecule has 2 N–H and O–H groups in total. The van der Waals surface area contributed by atoms with Crippen molar-refractivity contribution in [3.63, 3.8) is 0 Å². The number of methoxy groups -OCH3 is 1. The monoisotopic (exact) mass is 784 g/mol. The number of ether oxygens (including phenoxy) is 4. The summed E-state index contributed by atoms with van der Waals surface area (Å²) in [5, 5.41) is 6.46. The van der Waals surface area contributed by atoms with Crippen LogP contribution in [0.25, 0.3) is 11.0 Å². The Hall–Kier alpha value is -3.75. The zero-order valence-corrected chi connectivity index (χ0v) is 33.5. The van der Waals surface area contributed by atoms with Crippen LogP contribution in [-0.2, 0) is 28.5 Å². The highest BCUT2D eigenvalue weighted by molar-refractivity contribution is 6.00. The van der Waals surface area contributed by atoms with Crippen molar-refractivity contribution in [1.29, 1.82) is 0 Å². The summed E-state index contributed by atoms with van der Waals surface area (Å²) >= 11 is 0. The Morgan fingerprint density at radius 1 is 0.946 bits per heavy atom. The van der Waals surface area contributed by atoms with Crippen LogP contribution in [0.1, 0.15) is 95.5 Å². The Balaban J connectivity index is 1.09. The van der Waals surface area contributed by atoms with Gasteiger partial charge in [-0.15, -0.1) is 0 Å². The fraction of sp³-hybridized carbons (Fsp3) is 0.714. The molecular formula is C42H61FN4O9. The van der Waals surface area contributed by atoms with Gasteiger partial charge in [-0.2, -0.15) is 0 Å². The lowest BCUT2D eigenvalue weighted by Gasteiger charge is -2.38. The summed E-state index contributed by atoms with van der Waals surface area (Å²) in [6, 6.07) is 5.55. The van der Waals surface area contributed by atoms with Crippen LogP contribution in [0.3, 0.4) is 0 Å². The molecule has 4 fully saturated rings. The number of hydrogen-bond donors (Lipinski definition) is 2. The number of likely N-dealkylation sites (tertiary alicyclic amines) is 1. The fourth-order valence-electron chi connectivity index (χ4n) is 9.18. The summed E-state index contributed by atoms with van der Waals surface area (Å²) in [4.78, 5) is 57.9. The number of alkyl halides is 1. The number of carbonyl (C=O) groups is 4. The van der Waals surface area contributed by atoms with Gasteiger partial charge in [0.15, 0.2) is 0 Å². The van der Waals surface area contributed by atoms with E-state index < -0.39 is 36.4 Å². The van der Waals surface area contributed by atoms with E-state index in [9.17, 15) is 23.6 Å². The smallest absolute Gasteiger partial charge is 0.407 e. The van der Waals surface area contributed by atoms with E-state index >= 15 is 0 Å². The molecule has 0 radical (unpaired) electrons. The summed E-state index contributed by atoms with van der Waals surface area (Å²) in [5.74, 6) is -0.810. The molecule has 3 atom stereocenters. The van der Waals surface area contributed by atoms with Crippen molar-refractivity contribution in [2.45, 2.75) is 109 Å². The van der Waals surface area contributed by atoms with Crippen molar-refractivity contribution in [2.24, 2.45) is 23.7 Å². The van der Waals surface area contributed by atoms with Gasteiger partial charge in [-0.1, -0.05) is 0 Å². The minimum Gasteiger partial charge on any atom is -0.460 e. The quantitative estimate of drug-likeness (QED) is 0.174. The van der Waals surface area contributed by atoms with Crippen molar-refractivity contribution in [3.05, 3.63) is 30.0 Å². The van der Waals surface area contributed by atoms with E-state index in [2.05, 4.69) is 15.5 Å². The Bertz CT molecular complexity index is 1640. The highest BCUT2D eigenvalue weighted by Gasteiger charge is 2.47. The second-order valence-electron chi connectivity index (χ2n) is 17.0. The first-order chi connectivity index (χ1) is 26.9. The maximum atomic E-state index is 14.3. The first-order valence-electron chi connectivity index (χ1n) is 20.6. The Labute approximate surface area is 329 Å². The van der Waals surface area contributed by atoms with E-state index in [-0.39, 0.29) is 54.0 Å². The third-order valence-corrected chi connectivity index (χ3v) is 12.2. The summed E-state index contributed by atoms with van der Waals surface area (Å²) in [5.41, 5.74) is 0.356. The van der Waals surface area contributed by atoms with Crippen LogP contribution in [0.4, 0.5) is 14.9 Å². The molecule has 2 saturated heterocycles. The standard InChI is InChI=1S/C42H61FN4O9/c1-42(2,3)56-41(51)45-34(26-43)28-6-8-29(9-7-28)39(49)47-18-16-33(27-10-13-32(52-4)14-11-27)37(47)38(48)44-31-12-15-35-30(24-31)25-36(55-35)40(50)54-21-5-17-46-19-22-53-23-20-46/h12,15,24-25,27-29,32-34,37H,5-11,13-14,16-23,26H2,1-4H3,(H,44,48)(H,45,51)/t27-,28-,29-,32-,33-,34+,37-/m0/s1. The van der Waals surface area contributed by atoms with Gasteiger partial charge in [0.05, 0.1) is 32.0 Å². The lowest BCUT2D eigenvalue weighted by molar-refractivity contribution is -0.142. The molecule has 56 heavy (non-hydrogen) atoms. The normalized spacial score (nSPS) is 26.8. The van der Waals surface area contributed by atoms with Crippen LogP contribution in [0.5, 0.6) is 0 Å². The lowest BCUT2D eigenvalue weighted by Crippen LogP contribution is -2.50. The summed E-state index contributed by atoms with van der Waals surface area (Å²) < 4.78 is 41.8. The molecule has 14 heteroatoms. The minimum atomic E-state index is -0.713. The van der Waals surface area contributed by atoms with Crippen LogP contribution in [-0.4, -0.2) is 117 Å². The molecular weight excluding hydrogens is 723 g/mol. The van der Waals surface area contributed by atoms with Gasteiger partial charge in [0.1, 0.15) is 23.9 Å². The summed E-state index contributed by atoms with van der Waals surface area (Å²) in [6.07, 6.45) is 7.02.